The van der Waals surface area contributed by atoms with Crippen LogP contribution >= 0.6 is 0 Å². The number of benzene rings is 1. The molecule has 0 saturated heterocycles. The summed E-state index contributed by atoms with van der Waals surface area (Å²) in [6.07, 6.45) is 0.415. The quantitative estimate of drug-likeness (QED) is 0.812. The predicted octanol–water partition coefficient (Wildman–Crippen LogP) is 2.00. The molecule has 0 aliphatic carbocycles. The highest BCUT2D eigenvalue weighted by molar-refractivity contribution is 5.74. The Hall–Kier alpha value is -1.55. The number of rotatable bonds is 6. The highest BCUT2D eigenvalue weighted by atomic mass is 16.5. The molecule has 2 N–H and O–H groups in total. The first-order valence-electron chi connectivity index (χ1n) is 6.06. The lowest BCUT2D eigenvalue weighted by atomic mass is 10.0. The Kier molecular flexibility index (Phi) is 5.16. The lowest BCUT2D eigenvalue weighted by Gasteiger charge is -2.19. The molecule has 100 valence electrons. The van der Waals surface area contributed by atoms with E-state index < -0.39 is 12.0 Å². The van der Waals surface area contributed by atoms with Crippen LogP contribution in [0.15, 0.2) is 18.2 Å². The molecule has 0 saturated carbocycles. The third-order valence-electron chi connectivity index (χ3n) is 2.69. The van der Waals surface area contributed by atoms with Gasteiger partial charge in [-0.15, -0.1) is 0 Å². The summed E-state index contributed by atoms with van der Waals surface area (Å²) >= 11 is 0. The number of carbonyl (C=O) groups is 1. The maximum atomic E-state index is 11.2. The number of ether oxygens (including phenoxy) is 1. The molecule has 0 aromatic heterocycles. The van der Waals surface area contributed by atoms with E-state index in [1.54, 1.807) is 7.11 Å². The number of hydrogen-bond acceptors (Lipinski definition) is 3. The monoisotopic (exact) mass is 251 g/mol. The van der Waals surface area contributed by atoms with Crippen molar-refractivity contribution in [3.05, 3.63) is 29.3 Å². The molecule has 18 heavy (non-hydrogen) atoms. The largest absolute Gasteiger partial charge is 0.496 e. The van der Waals surface area contributed by atoms with Crippen LogP contribution in [0, 0.1) is 6.92 Å². The van der Waals surface area contributed by atoms with E-state index in [0.29, 0.717) is 6.42 Å². The van der Waals surface area contributed by atoms with Crippen molar-refractivity contribution in [1.82, 2.24) is 5.32 Å². The van der Waals surface area contributed by atoms with E-state index in [1.165, 1.54) is 0 Å². The van der Waals surface area contributed by atoms with E-state index in [2.05, 4.69) is 5.32 Å². The van der Waals surface area contributed by atoms with Crippen molar-refractivity contribution in [2.45, 2.75) is 39.3 Å². The molecule has 0 aliphatic rings. The van der Waals surface area contributed by atoms with Crippen LogP contribution in [0.3, 0.4) is 0 Å². The Balaban J connectivity index is 2.92. The fourth-order valence-electron chi connectivity index (χ4n) is 1.91. The summed E-state index contributed by atoms with van der Waals surface area (Å²) in [7, 11) is 1.60. The van der Waals surface area contributed by atoms with Gasteiger partial charge >= 0.3 is 5.97 Å². The molecule has 1 rings (SSSR count). The lowest BCUT2D eigenvalue weighted by molar-refractivity contribution is -0.139. The van der Waals surface area contributed by atoms with Crippen LogP contribution in [0.1, 0.15) is 25.0 Å². The Morgan fingerprint density at radius 2 is 2.11 bits per heavy atom. The summed E-state index contributed by atoms with van der Waals surface area (Å²) in [6.45, 7) is 5.85. The number of nitrogens with one attached hydrogen (secondary N) is 1. The third-order valence-corrected chi connectivity index (χ3v) is 2.69. The average Bonchev–Trinajstić information content (AvgIpc) is 2.27. The fourth-order valence-corrected chi connectivity index (χ4v) is 1.91. The van der Waals surface area contributed by atoms with Crippen molar-refractivity contribution in [3.8, 4) is 5.75 Å². The molecule has 0 amide bonds. The molecule has 0 spiro atoms. The highest BCUT2D eigenvalue weighted by Crippen LogP contribution is 2.21. The lowest BCUT2D eigenvalue weighted by Crippen LogP contribution is -2.42. The van der Waals surface area contributed by atoms with Gasteiger partial charge in [0.1, 0.15) is 11.8 Å². The van der Waals surface area contributed by atoms with E-state index in [9.17, 15) is 9.90 Å². The summed E-state index contributed by atoms with van der Waals surface area (Å²) < 4.78 is 5.27. The molecular formula is C14H21NO3. The Bertz CT molecular complexity index is 416. The van der Waals surface area contributed by atoms with E-state index in [0.717, 1.165) is 16.9 Å². The van der Waals surface area contributed by atoms with Crippen LogP contribution in [0.5, 0.6) is 5.75 Å². The second-order valence-electron chi connectivity index (χ2n) is 4.73. The van der Waals surface area contributed by atoms with E-state index in [-0.39, 0.29) is 6.04 Å². The van der Waals surface area contributed by atoms with Crippen molar-refractivity contribution >= 4 is 5.97 Å². The Labute approximate surface area is 108 Å². The third kappa shape index (κ3) is 4.04. The summed E-state index contributed by atoms with van der Waals surface area (Å²) in [4.78, 5) is 11.2. The standard InChI is InChI=1S/C14H21NO3/c1-9(2)15-12(14(16)17)8-11-7-10(3)5-6-13(11)18-4/h5-7,9,12,15H,8H2,1-4H3,(H,16,17). The highest BCUT2D eigenvalue weighted by Gasteiger charge is 2.20. The van der Waals surface area contributed by atoms with Gasteiger partial charge < -0.3 is 15.2 Å². The van der Waals surface area contributed by atoms with Crippen LogP contribution in [0.4, 0.5) is 0 Å². The zero-order chi connectivity index (χ0) is 13.7. The van der Waals surface area contributed by atoms with Gasteiger partial charge in [0.25, 0.3) is 0 Å². The van der Waals surface area contributed by atoms with Gasteiger partial charge in [-0.2, -0.15) is 0 Å². The first-order chi connectivity index (χ1) is 8.43. The van der Waals surface area contributed by atoms with E-state index in [1.807, 2.05) is 39.0 Å². The SMILES string of the molecule is COc1ccc(C)cc1CC(NC(C)C)C(=O)O. The molecule has 1 aromatic rings. The fraction of sp³-hybridized carbons (Fsp3) is 0.500. The molecule has 1 unspecified atom stereocenters. The van der Waals surface area contributed by atoms with Crippen LogP contribution in [-0.2, 0) is 11.2 Å². The maximum Gasteiger partial charge on any atom is 0.321 e. The molecule has 0 fully saturated rings. The second-order valence-corrected chi connectivity index (χ2v) is 4.73. The van der Waals surface area contributed by atoms with Crippen LogP contribution in [-0.4, -0.2) is 30.3 Å². The van der Waals surface area contributed by atoms with Gasteiger partial charge in [0, 0.05) is 12.5 Å². The number of methoxy groups -OCH3 is 1. The summed E-state index contributed by atoms with van der Waals surface area (Å²) in [5.74, 6) is -0.107. The average molecular weight is 251 g/mol. The van der Waals surface area contributed by atoms with Crippen molar-refractivity contribution in [3.63, 3.8) is 0 Å². The molecule has 0 bridgehead atoms. The molecular weight excluding hydrogens is 230 g/mol. The Morgan fingerprint density at radius 3 is 2.61 bits per heavy atom. The van der Waals surface area contributed by atoms with Crippen LogP contribution < -0.4 is 10.1 Å². The summed E-state index contributed by atoms with van der Waals surface area (Å²) in [5, 5.41) is 12.3. The molecule has 0 heterocycles. The van der Waals surface area contributed by atoms with E-state index in [4.69, 9.17) is 4.74 Å². The van der Waals surface area contributed by atoms with Gasteiger partial charge in [0.05, 0.1) is 7.11 Å². The molecule has 1 aromatic carbocycles. The number of carboxylic acid groups (broad SMARTS) is 1. The minimum Gasteiger partial charge on any atom is -0.496 e. The molecule has 0 radical (unpaired) electrons. The van der Waals surface area contributed by atoms with Gasteiger partial charge in [-0.25, -0.2) is 0 Å². The van der Waals surface area contributed by atoms with Crippen LogP contribution in [0.2, 0.25) is 0 Å². The van der Waals surface area contributed by atoms with Crippen LogP contribution in [0.25, 0.3) is 0 Å². The first-order valence-corrected chi connectivity index (χ1v) is 6.06. The minimum atomic E-state index is -0.841. The van der Waals surface area contributed by atoms with Crippen molar-refractivity contribution in [1.29, 1.82) is 0 Å². The van der Waals surface area contributed by atoms with Gasteiger partial charge in [-0.3, -0.25) is 4.79 Å². The predicted molar refractivity (Wildman–Crippen MR) is 71.1 cm³/mol. The summed E-state index contributed by atoms with van der Waals surface area (Å²) in [5.41, 5.74) is 2.01. The number of carboxylic acids is 1. The smallest absolute Gasteiger partial charge is 0.321 e. The zero-order valence-electron chi connectivity index (χ0n) is 11.4. The van der Waals surface area contributed by atoms with Gasteiger partial charge in [-0.05, 0) is 18.6 Å². The Morgan fingerprint density at radius 1 is 1.44 bits per heavy atom. The van der Waals surface area contributed by atoms with Crippen molar-refractivity contribution in [2.75, 3.05) is 7.11 Å². The minimum absolute atomic E-state index is 0.127. The number of aryl methyl sites for hydroxylation is 1. The normalized spacial score (nSPS) is 12.5. The maximum absolute atomic E-state index is 11.2. The molecule has 4 heteroatoms. The topological polar surface area (TPSA) is 58.6 Å². The van der Waals surface area contributed by atoms with Gasteiger partial charge in [0.2, 0.25) is 0 Å². The van der Waals surface area contributed by atoms with Crippen molar-refractivity contribution in [2.24, 2.45) is 0 Å². The van der Waals surface area contributed by atoms with Crippen molar-refractivity contribution < 1.29 is 14.6 Å². The number of aliphatic carboxylic acids is 1. The molecule has 4 nitrogen and oxygen atoms in total. The zero-order valence-corrected chi connectivity index (χ0v) is 11.4. The summed E-state index contributed by atoms with van der Waals surface area (Å²) in [6, 6.07) is 5.33. The van der Waals surface area contributed by atoms with E-state index >= 15 is 0 Å². The first kappa shape index (κ1) is 14.5. The second kappa shape index (κ2) is 6.40. The molecule has 1 atom stereocenters. The number of hydrogen-bond donors (Lipinski definition) is 2. The molecule has 0 aliphatic heterocycles. The van der Waals surface area contributed by atoms with Gasteiger partial charge in [-0.1, -0.05) is 31.5 Å². The van der Waals surface area contributed by atoms with Gasteiger partial charge in [0.15, 0.2) is 0 Å².